The number of hydrogen-bond donors (Lipinski definition) is 2. The van der Waals surface area contributed by atoms with Gasteiger partial charge in [0.2, 0.25) is 6.41 Å². The van der Waals surface area contributed by atoms with Crippen LogP contribution < -0.4 is 10.1 Å². The molecule has 2 amide bonds. The fraction of sp³-hybridized carbons (Fsp3) is 0.533. The summed E-state index contributed by atoms with van der Waals surface area (Å²) in [6.45, 7) is 11.9. The largest absolute Gasteiger partial charge is 0.494 e. The van der Waals surface area contributed by atoms with Gasteiger partial charge in [-0.05, 0) is 82.6 Å². The molecular weight excluding hydrogens is 480 g/mol. The molecular formula is C30H42N4O4. The molecule has 206 valence electrons. The quantitative estimate of drug-likeness (QED) is 0.579. The summed E-state index contributed by atoms with van der Waals surface area (Å²) in [7, 11) is 2.08. The average molecular weight is 523 g/mol. The monoisotopic (exact) mass is 522 g/mol. The minimum Gasteiger partial charge on any atom is -0.494 e. The zero-order valence-corrected chi connectivity index (χ0v) is 23.3. The molecule has 3 heterocycles. The van der Waals surface area contributed by atoms with Crippen LogP contribution >= 0.6 is 0 Å². The van der Waals surface area contributed by atoms with E-state index in [0.717, 1.165) is 62.6 Å². The molecule has 0 aromatic heterocycles. The Bertz CT molecular complexity index is 1100. The van der Waals surface area contributed by atoms with Gasteiger partial charge in [-0.1, -0.05) is 12.1 Å². The van der Waals surface area contributed by atoms with E-state index in [1.807, 2.05) is 47.1 Å². The van der Waals surface area contributed by atoms with Gasteiger partial charge >= 0.3 is 0 Å². The Morgan fingerprint density at radius 1 is 1.08 bits per heavy atom. The number of amides is 2. The summed E-state index contributed by atoms with van der Waals surface area (Å²) in [4.78, 5) is 31.2. The predicted molar refractivity (Wildman–Crippen MR) is 149 cm³/mol. The van der Waals surface area contributed by atoms with E-state index in [0.29, 0.717) is 12.2 Å². The first kappa shape index (κ1) is 27.9. The standard InChI is InChI=1S/C26H32N4O3.C4H10O/c1-3-33-20-7-4-18(5-8-20)24-21-10-11-30(17-31)25(21)22-16-19(6-9-23(22)27-24)26(32)29-14-12-28(2)13-15-29;1-4(2,3)5/h4-9,16-17,21,24-25,27H,3,10-15H2,1-2H3;5H,1-3H3. The van der Waals surface area contributed by atoms with Gasteiger partial charge in [0.05, 0.1) is 24.3 Å². The van der Waals surface area contributed by atoms with Gasteiger partial charge in [-0.25, -0.2) is 0 Å². The number of nitrogens with one attached hydrogen (secondary N) is 1. The highest BCUT2D eigenvalue weighted by Crippen LogP contribution is 2.51. The lowest BCUT2D eigenvalue weighted by Crippen LogP contribution is -2.47. The molecule has 2 aromatic carbocycles. The molecule has 0 radical (unpaired) electrons. The van der Waals surface area contributed by atoms with Crippen molar-refractivity contribution in [2.75, 3.05) is 51.7 Å². The number of carbonyl (C=O) groups is 2. The van der Waals surface area contributed by atoms with Crippen LogP contribution in [-0.2, 0) is 4.79 Å². The van der Waals surface area contributed by atoms with E-state index in [1.54, 1.807) is 20.8 Å². The maximum Gasteiger partial charge on any atom is 0.253 e. The second kappa shape index (κ2) is 11.7. The van der Waals surface area contributed by atoms with Crippen LogP contribution in [0.15, 0.2) is 42.5 Å². The van der Waals surface area contributed by atoms with E-state index in [1.165, 1.54) is 5.56 Å². The highest BCUT2D eigenvalue weighted by Gasteiger charge is 2.44. The molecule has 8 nitrogen and oxygen atoms in total. The first-order chi connectivity index (χ1) is 18.1. The highest BCUT2D eigenvalue weighted by atomic mass is 16.5. The van der Waals surface area contributed by atoms with Crippen molar-refractivity contribution in [2.45, 2.75) is 51.8 Å². The second-order valence-electron chi connectivity index (χ2n) is 11.4. The molecule has 2 N–H and O–H groups in total. The van der Waals surface area contributed by atoms with E-state index in [-0.39, 0.29) is 23.9 Å². The smallest absolute Gasteiger partial charge is 0.253 e. The van der Waals surface area contributed by atoms with E-state index in [2.05, 4.69) is 29.4 Å². The van der Waals surface area contributed by atoms with Gasteiger partial charge in [0.1, 0.15) is 5.75 Å². The third-order valence-electron chi connectivity index (χ3n) is 7.32. The van der Waals surface area contributed by atoms with Crippen LogP contribution in [0.1, 0.15) is 67.7 Å². The number of ether oxygens (including phenoxy) is 1. The lowest BCUT2D eigenvalue weighted by Gasteiger charge is -2.39. The molecule has 0 bridgehead atoms. The molecule has 2 aromatic rings. The Kier molecular flexibility index (Phi) is 8.63. The number of carbonyl (C=O) groups excluding carboxylic acids is 2. The number of aliphatic hydroxyl groups is 1. The van der Waals surface area contributed by atoms with E-state index in [9.17, 15) is 9.59 Å². The lowest BCUT2D eigenvalue weighted by atomic mass is 9.79. The average Bonchev–Trinajstić information content (AvgIpc) is 3.32. The van der Waals surface area contributed by atoms with Crippen LogP contribution in [0.3, 0.4) is 0 Å². The molecule has 8 heteroatoms. The van der Waals surface area contributed by atoms with Crippen molar-refractivity contribution in [3.05, 3.63) is 59.2 Å². The fourth-order valence-electron chi connectivity index (χ4n) is 5.52. The number of anilines is 1. The van der Waals surface area contributed by atoms with Crippen molar-refractivity contribution in [1.29, 1.82) is 0 Å². The number of piperazine rings is 1. The van der Waals surface area contributed by atoms with Crippen molar-refractivity contribution in [1.82, 2.24) is 14.7 Å². The number of likely N-dealkylation sites (N-methyl/N-ethyl adjacent to an activating group) is 1. The van der Waals surface area contributed by atoms with Gasteiger partial charge < -0.3 is 29.9 Å². The Hall–Kier alpha value is -3.10. The number of fused-ring (bicyclic) bond motifs is 3. The van der Waals surface area contributed by atoms with Gasteiger partial charge in [-0.15, -0.1) is 0 Å². The van der Waals surface area contributed by atoms with E-state index in [4.69, 9.17) is 9.84 Å². The zero-order chi connectivity index (χ0) is 27.4. The van der Waals surface area contributed by atoms with Gasteiger partial charge in [0.25, 0.3) is 5.91 Å². The topological polar surface area (TPSA) is 85.3 Å². The molecule has 3 atom stereocenters. The number of rotatable bonds is 5. The van der Waals surface area contributed by atoms with E-state index >= 15 is 0 Å². The third kappa shape index (κ3) is 6.48. The molecule has 38 heavy (non-hydrogen) atoms. The molecule has 3 aliphatic rings. The normalized spacial score (nSPS) is 22.9. The fourth-order valence-corrected chi connectivity index (χ4v) is 5.52. The maximum absolute atomic E-state index is 13.2. The molecule has 5 rings (SSSR count). The summed E-state index contributed by atoms with van der Waals surface area (Å²) in [5.41, 5.74) is 3.44. The second-order valence-corrected chi connectivity index (χ2v) is 11.4. The SMILES string of the molecule is CC(C)(C)O.CCOc1ccc(C2Nc3ccc(C(=O)N4CCN(C)CC4)cc3C3C2CCN3C=O)cc1. The molecule has 2 fully saturated rings. The van der Waals surface area contributed by atoms with Crippen LogP contribution in [0.5, 0.6) is 5.75 Å². The highest BCUT2D eigenvalue weighted by molar-refractivity contribution is 5.95. The Morgan fingerprint density at radius 2 is 1.74 bits per heavy atom. The number of benzene rings is 2. The van der Waals surface area contributed by atoms with Crippen LogP contribution in [0.25, 0.3) is 0 Å². The third-order valence-corrected chi connectivity index (χ3v) is 7.32. The van der Waals surface area contributed by atoms with Crippen molar-refractivity contribution in [2.24, 2.45) is 5.92 Å². The summed E-state index contributed by atoms with van der Waals surface area (Å²) in [6, 6.07) is 14.2. The maximum atomic E-state index is 13.2. The summed E-state index contributed by atoms with van der Waals surface area (Å²) in [5.74, 6) is 1.18. The predicted octanol–water partition coefficient (Wildman–Crippen LogP) is 3.94. The first-order valence-electron chi connectivity index (χ1n) is 13.6. The minimum atomic E-state index is -0.500. The molecule has 0 saturated carbocycles. The Balaban J connectivity index is 0.000000617. The first-order valence-corrected chi connectivity index (χ1v) is 13.6. The van der Waals surface area contributed by atoms with E-state index < -0.39 is 5.60 Å². The number of hydrogen-bond acceptors (Lipinski definition) is 6. The van der Waals surface area contributed by atoms with Crippen LogP contribution in [0.4, 0.5) is 5.69 Å². The molecule has 0 aliphatic carbocycles. The number of nitrogens with zero attached hydrogens (tertiary/aromatic N) is 3. The minimum absolute atomic E-state index is 0.0319. The Morgan fingerprint density at radius 3 is 2.34 bits per heavy atom. The summed E-state index contributed by atoms with van der Waals surface area (Å²) in [5, 5.41) is 12.2. The molecule has 0 spiro atoms. The summed E-state index contributed by atoms with van der Waals surface area (Å²) < 4.78 is 5.60. The van der Waals surface area contributed by atoms with Gasteiger partial charge in [0.15, 0.2) is 0 Å². The van der Waals surface area contributed by atoms with Gasteiger partial charge in [0, 0.05) is 49.9 Å². The molecule has 3 unspecified atom stereocenters. The Labute approximate surface area is 226 Å². The summed E-state index contributed by atoms with van der Waals surface area (Å²) >= 11 is 0. The number of likely N-dealkylation sites (tertiary alicyclic amines) is 1. The van der Waals surface area contributed by atoms with Crippen molar-refractivity contribution < 1.29 is 19.4 Å². The van der Waals surface area contributed by atoms with Crippen molar-refractivity contribution in [3.63, 3.8) is 0 Å². The van der Waals surface area contributed by atoms with Crippen molar-refractivity contribution >= 4 is 18.0 Å². The molecule has 3 aliphatic heterocycles. The van der Waals surface area contributed by atoms with Crippen LogP contribution in [0.2, 0.25) is 0 Å². The van der Waals surface area contributed by atoms with Crippen LogP contribution in [0, 0.1) is 5.92 Å². The lowest BCUT2D eigenvalue weighted by molar-refractivity contribution is -0.119. The van der Waals surface area contributed by atoms with Crippen LogP contribution in [-0.4, -0.2) is 84.1 Å². The zero-order valence-electron chi connectivity index (χ0n) is 23.3. The van der Waals surface area contributed by atoms with Gasteiger partial charge in [-0.2, -0.15) is 0 Å². The van der Waals surface area contributed by atoms with Crippen molar-refractivity contribution in [3.8, 4) is 5.75 Å². The summed E-state index contributed by atoms with van der Waals surface area (Å²) in [6.07, 6.45) is 1.88. The van der Waals surface area contributed by atoms with Gasteiger partial charge in [-0.3, -0.25) is 9.59 Å². The molecule has 2 saturated heterocycles.